The molecule has 3 nitrogen and oxygen atoms in total. The molecule has 0 saturated carbocycles. The first-order chi connectivity index (χ1) is 5.70. The van der Waals surface area contributed by atoms with Crippen LogP contribution in [0.25, 0.3) is 6.08 Å². The molecule has 12 heavy (non-hydrogen) atoms. The van der Waals surface area contributed by atoms with Crippen LogP contribution in [0, 0.1) is 0 Å². The van der Waals surface area contributed by atoms with Gasteiger partial charge in [0.05, 0.1) is 6.26 Å². The zero-order chi connectivity index (χ0) is 8.97. The Morgan fingerprint density at radius 1 is 1.58 bits per heavy atom. The number of carbonyl (C=O) groups excluding carboxylic acids is 1. The molecule has 0 N–H and O–H groups in total. The Morgan fingerprint density at radius 2 is 2.33 bits per heavy atom. The highest BCUT2D eigenvalue weighted by atomic mass is 16.3. The molecule has 0 aliphatic carbocycles. The zero-order valence-corrected chi connectivity index (χ0v) is 7.15. The molecule has 0 bridgehead atoms. The largest absolute Gasteiger partial charge is 0.465 e. The average molecular weight is 165 g/mol. The van der Waals surface area contributed by atoms with Crippen molar-refractivity contribution < 1.29 is 9.21 Å². The second kappa shape index (κ2) is 3.76. The first kappa shape index (κ1) is 8.59. The van der Waals surface area contributed by atoms with Crippen molar-refractivity contribution in [2.24, 2.45) is 0 Å². The molecule has 0 unspecified atom stereocenters. The van der Waals surface area contributed by atoms with Crippen LogP contribution in [0.4, 0.5) is 0 Å². The van der Waals surface area contributed by atoms with E-state index in [-0.39, 0.29) is 5.91 Å². The summed E-state index contributed by atoms with van der Waals surface area (Å²) in [6, 6.07) is 3.57. The number of nitrogens with zero attached hydrogens (tertiary/aromatic N) is 1. The van der Waals surface area contributed by atoms with E-state index in [1.807, 2.05) is 0 Å². The van der Waals surface area contributed by atoms with Crippen molar-refractivity contribution in [3.63, 3.8) is 0 Å². The van der Waals surface area contributed by atoms with Crippen LogP contribution in [0.5, 0.6) is 0 Å². The molecule has 1 aromatic rings. The minimum atomic E-state index is -0.0496. The van der Waals surface area contributed by atoms with Crippen LogP contribution >= 0.6 is 0 Å². The fourth-order valence-corrected chi connectivity index (χ4v) is 0.689. The molecule has 3 heteroatoms. The Kier molecular flexibility index (Phi) is 2.69. The maximum atomic E-state index is 11.0. The summed E-state index contributed by atoms with van der Waals surface area (Å²) >= 11 is 0. The van der Waals surface area contributed by atoms with Crippen molar-refractivity contribution in [1.82, 2.24) is 4.90 Å². The molecule has 0 radical (unpaired) electrons. The first-order valence-electron chi connectivity index (χ1n) is 3.63. The van der Waals surface area contributed by atoms with Crippen LogP contribution in [0.1, 0.15) is 5.76 Å². The highest BCUT2D eigenvalue weighted by Gasteiger charge is 1.96. The van der Waals surface area contributed by atoms with E-state index in [2.05, 4.69) is 0 Å². The molecule has 0 aliphatic heterocycles. The minimum absolute atomic E-state index is 0.0496. The predicted octanol–water partition coefficient (Wildman–Crippen LogP) is 1.38. The summed E-state index contributed by atoms with van der Waals surface area (Å²) in [6.45, 7) is 0. The molecule has 1 amide bonds. The number of rotatable bonds is 2. The number of carbonyl (C=O) groups is 1. The van der Waals surface area contributed by atoms with Gasteiger partial charge < -0.3 is 9.32 Å². The lowest BCUT2D eigenvalue weighted by Gasteiger charge is -2.04. The maximum absolute atomic E-state index is 11.0. The molecule has 0 fully saturated rings. The number of furan rings is 1. The third-order valence-electron chi connectivity index (χ3n) is 1.37. The molecule has 0 saturated heterocycles. The average Bonchev–Trinajstić information content (AvgIpc) is 2.51. The standard InChI is InChI=1S/C9H11NO2/c1-10(2)9(11)6-5-8-4-3-7-12-8/h3-7H,1-2H3. The topological polar surface area (TPSA) is 33.5 Å². The minimum Gasteiger partial charge on any atom is -0.465 e. The van der Waals surface area contributed by atoms with E-state index in [0.717, 1.165) is 0 Å². The van der Waals surface area contributed by atoms with Crippen molar-refractivity contribution >= 4 is 12.0 Å². The lowest BCUT2D eigenvalue weighted by molar-refractivity contribution is -0.123. The molecule has 64 valence electrons. The summed E-state index contributed by atoms with van der Waals surface area (Å²) < 4.78 is 5.01. The van der Waals surface area contributed by atoms with Gasteiger partial charge in [-0.15, -0.1) is 0 Å². The van der Waals surface area contributed by atoms with Gasteiger partial charge in [-0.05, 0) is 18.2 Å². The molecule has 1 rings (SSSR count). The first-order valence-corrected chi connectivity index (χ1v) is 3.63. The van der Waals surface area contributed by atoms with E-state index in [9.17, 15) is 4.79 Å². The molecule has 0 atom stereocenters. The van der Waals surface area contributed by atoms with E-state index < -0.39 is 0 Å². The summed E-state index contributed by atoms with van der Waals surface area (Å²) in [7, 11) is 3.41. The van der Waals surface area contributed by atoms with Gasteiger partial charge >= 0.3 is 0 Å². The monoisotopic (exact) mass is 165 g/mol. The van der Waals surface area contributed by atoms with Gasteiger partial charge in [-0.3, -0.25) is 4.79 Å². The van der Waals surface area contributed by atoms with E-state index in [1.165, 1.54) is 11.0 Å². The van der Waals surface area contributed by atoms with E-state index in [1.54, 1.807) is 38.6 Å². The number of hydrogen-bond donors (Lipinski definition) is 0. The number of hydrogen-bond acceptors (Lipinski definition) is 2. The van der Waals surface area contributed by atoms with Crippen LogP contribution in [-0.2, 0) is 4.79 Å². The van der Waals surface area contributed by atoms with Crippen molar-refractivity contribution in [2.45, 2.75) is 0 Å². The second-order valence-corrected chi connectivity index (χ2v) is 2.58. The smallest absolute Gasteiger partial charge is 0.246 e. The fourth-order valence-electron chi connectivity index (χ4n) is 0.689. The van der Waals surface area contributed by atoms with Crippen molar-refractivity contribution in [3.8, 4) is 0 Å². The Labute approximate surface area is 71.3 Å². The number of likely N-dealkylation sites (N-methyl/N-ethyl adjacent to an activating group) is 1. The summed E-state index contributed by atoms with van der Waals surface area (Å²) in [4.78, 5) is 12.5. The van der Waals surface area contributed by atoms with Crippen LogP contribution in [-0.4, -0.2) is 24.9 Å². The van der Waals surface area contributed by atoms with Crippen LogP contribution in [0.15, 0.2) is 28.9 Å². The highest BCUT2D eigenvalue weighted by Crippen LogP contribution is 2.02. The summed E-state index contributed by atoms with van der Waals surface area (Å²) in [5, 5.41) is 0. The van der Waals surface area contributed by atoms with Gasteiger partial charge in [-0.2, -0.15) is 0 Å². The van der Waals surface area contributed by atoms with E-state index >= 15 is 0 Å². The van der Waals surface area contributed by atoms with Gasteiger partial charge in [-0.25, -0.2) is 0 Å². The SMILES string of the molecule is CN(C)C(=O)C=Cc1ccco1. The van der Waals surface area contributed by atoms with Crippen LogP contribution < -0.4 is 0 Å². The molecule has 0 spiro atoms. The zero-order valence-electron chi connectivity index (χ0n) is 7.15. The highest BCUT2D eigenvalue weighted by molar-refractivity contribution is 5.90. The third-order valence-corrected chi connectivity index (χ3v) is 1.37. The lowest BCUT2D eigenvalue weighted by atomic mass is 10.4. The van der Waals surface area contributed by atoms with Crippen molar-refractivity contribution in [3.05, 3.63) is 30.2 Å². The van der Waals surface area contributed by atoms with Crippen molar-refractivity contribution in [2.75, 3.05) is 14.1 Å². The van der Waals surface area contributed by atoms with Gasteiger partial charge in [0.15, 0.2) is 0 Å². The predicted molar refractivity (Wildman–Crippen MR) is 46.4 cm³/mol. The molecular weight excluding hydrogens is 154 g/mol. The summed E-state index contributed by atoms with van der Waals surface area (Å²) in [5.74, 6) is 0.636. The lowest BCUT2D eigenvalue weighted by Crippen LogP contribution is -2.18. The van der Waals surface area contributed by atoms with E-state index in [0.29, 0.717) is 5.76 Å². The molecular formula is C9H11NO2. The molecule has 0 aromatic carbocycles. The van der Waals surface area contributed by atoms with Gasteiger partial charge in [0, 0.05) is 20.2 Å². The Hall–Kier alpha value is -1.51. The van der Waals surface area contributed by atoms with Crippen molar-refractivity contribution in [1.29, 1.82) is 0 Å². The maximum Gasteiger partial charge on any atom is 0.246 e. The molecule has 1 heterocycles. The molecule has 1 aromatic heterocycles. The second-order valence-electron chi connectivity index (χ2n) is 2.58. The van der Waals surface area contributed by atoms with Crippen LogP contribution in [0.2, 0.25) is 0 Å². The molecule has 0 aliphatic rings. The van der Waals surface area contributed by atoms with Gasteiger partial charge in [0.25, 0.3) is 0 Å². The van der Waals surface area contributed by atoms with E-state index in [4.69, 9.17) is 4.42 Å². The third kappa shape index (κ3) is 2.27. The Balaban J connectivity index is 2.57. The Bertz CT molecular complexity index is 273. The fraction of sp³-hybridized carbons (Fsp3) is 0.222. The summed E-state index contributed by atoms with van der Waals surface area (Å²) in [6.07, 6.45) is 4.68. The summed E-state index contributed by atoms with van der Waals surface area (Å²) in [5.41, 5.74) is 0. The quantitative estimate of drug-likeness (QED) is 0.620. The number of amides is 1. The van der Waals surface area contributed by atoms with Gasteiger partial charge in [0.1, 0.15) is 5.76 Å². The Morgan fingerprint density at radius 3 is 2.83 bits per heavy atom. The van der Waals surface area contributed by atoms with Gasteiger partial charge in [0.2, 0.25) is 5.91 Å². The normalized spacial score (nSPS) is 10.5. The van der Waals surface area contributed by atoms with Gasteiger partial charge in [-0.1, -0.05) is 0 Å². The van der Waals surface area contributed by atoms with Crippen LogP contribution in [0.3, 0.4) is 0 Å².